The first-order valence-electron chi connectivity index (χ1n) is 8.65. The van der Waals surface area contributed by atoms with E-state index in [2.05, 4.69) is 18.7 Å². The van der Waals surface area contributed by atoms with E-state index in [4.69, 9.17) is 10.5 Å². The second-order valence-electron chi connectivity index (χ2n) is 8.05. The molecule has 2 saturated carbocycles. The van der Waals surface area contributed by atoms with E-state index < -0.39 is 0 Å². The highest BCUT2D eigenvalue weighted by molar-refractivity contribution is 5.03. The minimum Gasteiger partial charge on any atom is -0.375 e. The Balaban J connectivity index is 1.77. The molecule has 0 aromatic carbocycles. The summed E-state index contributed by atoms with van der Waals surface area (Å²) in [5.41, 5.74) is 7.07. The third-order valence-corrected chi connectivity index (χ3v) is 6.26. The Hall–Kier alpha value is -0.120. The molecule has 0 spiro atoms. The fourth-order valence-electron chi connectivity index (χ4n) is 4.69. The Labute approximate surface area is 124 Å². The summed E-state index contributed by atoms with van der Waals surface area (Å²) in [4.78, 5) is 2.79. The molecular weight excluding hydrogens is 248 g/mol. The van der Waals surface area contributed by atoms with Gasteiger partial charge in [-0.2, -0.15) is 0 Å². The van der Waals surface area contributed by atoms with Gasteiger partial charge in [-0.15, -0.1) is 0 Å². The van der Waals surface area contributed by atoms with Gasteiger partial charge in [0.25, 0.3) is 0 Å². The zero-order chi connectivity index (χ0) is 14.2. The number of nitrogens with two attached hydrogens (primary N) is 1. The minimum absolute atomic E-state index is 0.263. The molecule has 3 aliphatic rings. The van der Waals surface area contributed by atoms with Crippen LogP contribution in [0.5, 0.6) is 0 Å². The summed E-state index contributed by atoms with van der Waals surface area (Å²) in [5.74, 6) is 0. The monoisotopic (exact) mass is 280 g/mol. The lowest BCUT2D eigenvalue weighted by atomic mass is 9.67. The predicted octanol–water partition coefficient (Wildman–Crippen LogP) is 2.93. The summed E-state index contributed by atoms with van der Waals surface area (Å²) in [6.45, 7) is 7.66. The van der Waals surface area contributed by atoms with Crippen molar-refractivity contribution in [1.82, 2.24) is 4.90 Å². The molecule has 1 saturated heterocycles. The molecule has 20 heavy (non-hydrogen) atoms. The molecule has 3 nitrogen and oxygen atoms in total. The standard InChI is InChI=1S/C17H32N2O/c1-16(2)7-9-17(13-18,10-8-16)19-11-12-20-15-6-4-3-5-14(15)19/h14-15H,3-13,18H2,1-2H3. The topological polar surface area (TPSA) is 38.5 Å². The van der Waals surface area contributed by atoms with Gasteiger partial charge in [0, 0.05) is 24.7 Å². The van der Waals surface area contributed by atoms with E-state index in [-0.39, 0.29) is 5.54 Å². The van der Waals surface area contributed by atoms with Crippen molar-refractivity contribution in [2.45, 2.75) is 82.9 Å². The first-order valence-corrected chi connectivity index (χ1v) is 8.65. The first-order chi connectivity index (χ1) is 9.56. The summed E-state index contributed by atoms with van der Waals surface area (Å²) in [6.07, 6.45) is 11.0. The second kappa shape index (κ2) is 5.58. The zero-order valence-corrected chi connectivity index (χ0v) is 13.4. The normalized spacial score (nSPS) is 37.4. The number of ether oxygens (including phenoxy) is 1. The van der Waals surface area contributed by atoms with E-state index in [0.29, 0.717) is 17.6 Å². The van der Waals surface area contributed by atoms with Crippen LogP contribution in [0.3, 0.4) is 0 Å². The molecule has 0 aromatic rings. The Bertz CT molecular complexity index is 330. The molecule has 2 unspecified atom stereocenters. The molecule has 3 fully saturated rings. The predicted molar refractivity (Wildman–Crippen MR) is 82.7 cm³/mol. The van der Waals surface area contributed by atoms with Gasteiger partial charge in [-0.25, -0.2) is 0 Å². The summed E-state index contributed by atoms with van der Waals surface area (Å²) in [5, 5.41) is 0. The van der Waals surface area contributed by atoms with Crippen LogP contribution in [-0.2, 0) is 4.74 Å². The summed E-state index contributed by atoms with van der Waals surface area (Å²) in [7, 11) is 0. The molecule has 1 aliphatic heterocycles. The van der Waals surface area contributed by atoms with Crippen LogP contribution in [0, 0.1) is 5.41 Å². The van der Waals surface area contributed by atoms with Crippen LogP contribution in [0.1, 0.15) is 65.2 Å². The Morgan fingerprint density at radius 3 is 2.50 bits per heavy atom. The van der Waals surface area contributed by atoms with E-state index in [9.17, 15) is 0 Å². The number of nitrogens with zero attached hydrogens (tertiary/aromatic N) is 1. The van der Waals surface area contributed by atoms with Gasteiger partial charge in [0.2, 0.25) is 0 Å². The van der Waals surface area contributed by atoms with Crippen molar-refractivity contribution in [3.8, 4) is 0 Å². The van der Waals surface area contributed by atoms with Gasteiger partial charge in [-0.1, -0.05) is 26.7 Å². The third kappa shape index (κ3) is 2.65. The Morgan fingerprint density at radius 1 is 1.10 bits per heavy atom. The van der Waals surface area contributed by atoms with Gasteiger partial charge >= 0.3 is 0 Å². The number of hydrogen-bond donors (Lipinski definition) is 1. The van der Waals surface area contributed by atoms with Gasteiger partial charge in [0.15, 0.2) is 0 Å². The largest absolute Gasteiger partial charge is 0.375 e. The average molecular weight is 280 g/mol. The molecule has 2 aliphatic carbocycles. The average Bonchev–Trinajstić information content (AvgIpc) is 2.48. The van der Waals surface area contributed by atoms with Gasteiger partial charge in [0.05, 0.1) is 12.7 Å². The molecule has 0 radical (unpaired) electrons. The van der Waals surface area contributed by atoms with Crippen LogP contribution in [-0.4, -0.2) is 42.3 Å². The Morgan fingerprint density at radius 2 is 1.80 bits per heavy atom. The quantitative estimate of drug-likeness (QED) is 0.845. The van der Waals surface area contributed by atoms with Crippen molar-refractivity contribution in [1.29, 1.82) is 0 Å². The SMILES string of the molecule is CC1(C)CCC(CN)(N2CCOC3CCCCC32)CC1. The van der Waals surface area contributed by atoms with Crippen molar-refractivity contribution >= 4 is 0 Å². The van der Waals surface area contributed by atoms with Gasteiger partial charge in [-0.05, 0) is 43.9 Å². The van der Waals surface area contributed by atoms with Crippen molar-refractivity contribution in [2.24, 2.45) is 11.1 Å². The molecule has 2 N–H and O–H groups in total. The van der Waals surface area contributed by atoms with Crippen molar-refractivity contribution in [3.05, 3.63) is 0 Å². The number of fused-ring (bicyclic) bond motifs is 1. The van der Waals surface area contributed by atoms with Crippen molar-refractivity contribution in [3.63, 3.8) is 0 Å². The zero-order valence-electron chi connectivity index (χ0n) is 13.4. The number of rotatable bonds is 2. The van der Waals surface area contributed by atoms with E-state index >= 15 is 0 Å². The highest BCUT2D eigenvalue weighted by Crippen LogP contribution is 2.45. The van der Waals surface area contributed by atoms with Crippen LogP contribution in [0.25, 0.3) is 0 Å². The maximum atomic E-state index is 6.30. The lowest BCUT2D eigenvalue weighted by Gasteiger charge is -2.56. The molecule has 1 heterocycles. The molecule has 0 amide bonds. The van der Waals surface area contributed by atoms with Crippen LogP contribution in [0.4, 0.5) is 0 Å². The number of morpholine rings is 1. The maximum Gasteiger partial charge on any atom is 0.0731 e. The van der Waals surface area contributed by atoms with Crippen LogP contribution in [0.15, 0.2) is 0 Å². The first kappa shape index (κ1) is 14.8. The van der Waals surface area contributed by atoms with Gasteiger partial charge in [0.1, 0.15) is 0 Å². The van der Waals surface area contributed by atoms with E-state index in [1.165, 1.54) is 51.4 Å². The smallest absolute Gasteiger partial charge is 0.0731 e. The third-order valence-electron chi connectivity index (χ3n) is 6.26. The van der Waals surface area contributed by atoms with E-state index in [1.807, 2.05) is 0 Å². The lowest BCUT2D eigenvalue weighted by molar-refractivity contribution is -0.136. The van der Waals surface area contributed by atoms with Crippen LogP contribution >= 0.6 is 0 Å². The van der Waals surface area contributed by atoms with Crippen molar-refractivity contribution < 1.29 is 4.74 Å². The van der Waals surface area contributed by atoms with Crippen LogP contribution in [0.2, 0.25) is 0 Å². The maximum absolute atomic E-state index is 6.30. The van der Waals surface area contributed by atoms with E-state index in [1.54, 1.807) is 0 Å². The molecule has 116 valence electrons. The van der Waals surface area contributed by atoms with Gasteiger partial charge in [-0.3, -0.25) is 4.90 Å². The number of hydrogen-bond acceptors (Lipinski definition) is 3. The highest BCUT2D eigenvalue weighted by Gasteiger charge is 2.47. The van der Waals surface area contributed by atoms with E-state index in [0.717, 1.165) is 19.7 Å². The van der Waals surface area contributed by atoms with Crippen LogP contribution < -0.4 is 5.73 Å². The molecule has 2 atom stereocenters. The summed E-state index contributed by atoms with van der Waals surface area (Å²) in [6, 6.07) is 0.641. The fraction of sp³-hybridized carbons (Fsp3) is 1.00. The van der Waals surface area contributed by atoms with Crippen molar-refractivity contribution in [2.75, 3.05) is 19.7 Å². The second-order valence-corrected chi connectivity index (χ2v) is 8.05. The molecular formula is C17H32N2O. The highest BCUT2D eigenvalue weighted by atomic mass is 16.5. The molecule has 0 aromatic heterocycles. The van der Waals surface area contributed by atoms with Gasteiger partial charge < -0.3 is 10.5 Å². The summed E-state index contributed by atoms with van der Waals surface area (Å²) >= 11 is 0. The molecule has 0 bridgehead atoms. The Kier molecular flexibility index (Phi) is 4.13. The molecule has 3 rings (SSSR count). The lowest BCUT2D eigenvalue weighted by Crippen LogP contribution is -2.65. The summed E-state index contributed by atoms with van der Waals surface area (Å²) < 4.78 is 6.05. The fourth-order valence-corrected chi connectivity index (χ4v) is 4.69. The minimum atomic E-state index is 0.263. The molecule has 3 heteroatoms.